The van der Waals surface area contributed by atoms with Gasteiger partial charge >= 0.3 is 6.03 Å². The van der Waals surface area contributed by atoms with Crippen LogP contribution in [0.3, 0.4) is 0 Å². The van der Waals surface area contributed by atoms with E-state index in [-0.39, 0.29) is 12.3 Å². The molecule has 1 aromatic carbocycles. The average Bonchev–Trinajstić information content (AvgIpc) is 3.00. The molecule has 1 N–H and O–H groups in total. The van der Waals surface area contributed by atoms with Crippen molar-refractivity contribution in [3.05, 3.63) is 56.8 Å². The Morgan fingerprint density at radius 3 is 2.36 bits per heavy atom. The zero-order valence-corrected chi connectivity index (χ0v) is 15.5. The summed E-state index contributed by atoms with van der Waals surface area (Å²) in [6.07, 6.45) is 0. The summed E-state index contributed by atoms with van der Waals surface area (Å²) in [5, 5.41) is 2.73. The second-order valence-electron chi connectivity index (χ2n) is 6.56. The maximum absolute atomic E-state index is 12.9. The number of hydrogen-bond donors (Lipinski definition) is 1. The summed E-state index contributed by atoms with van der Waals surface area (Å²) in [5.74, 6) is -0.627. The molecule has 0 radical (unpaired) electrons. The Kier molecular flexibility index (Phi) is 4.24. The van der Waals surface area contributed by atoms with Crippen molar-refractivity contribution in [2.24, 2.45) is 0 Å². The van der Waals surface area contributed by atoms with Gasteiger partial charge in [0.2, 0.25) is 0 Å². The second-order valence-corrected chi connectivity index (χ2v) is 8.02. The van der Waals surface area contributed by atoms with Crippen LogP contribution in [0.25, 0.3) is 0 Å². The molecule has 0 saturated carbocycles. The maximum atomic E-state index is 12.9. The van der Waals surface area contributed by atoms with E-state index >= 15 is 0 Å². The van der Waals surface area contributed by atoms with Crippen LogP contribution in [-0.2, 0) is 10.3 Å². The summed E-state index contributed by atoms with van der Waals surface area (Å²) in [5.41, 5.74) is 1.20. The van der Waals surface area contributed by atoms with Gasteiger partial charge in [-0.2, -0.15) is 0 Å². The van der Waals surface area contributed by atoms with Gasteiger partial charge in [-0.3, -0.25) is 14.5 Å². The molecule has 0 unspecified atom stereocenters. The number of aryl methyl sites for hydroxylation is 3. The van der Waals surface area contributed by atoms with Crippen molar-refractivity contribution < 1.29 is 14.4 Å². The number of carbonyl (C=O) groups excluding carboxylic acids is 3. The smallest absolute Gasteiger partial charge is 0.319 e. The number of carbonyl (C=O) groups is 3. The minimum atomic E-state index is -1.15. The van der Waals surface area contributed by atoms with Gasteiger partial charge in [-0.25, -0.2) is 4.79 Å². The van der Waals surface area contributed by atoms with E-state index in [1.54, 1.807) is 13.0 Å². The monoisotopic (exact) mass is 356 g/mol. The van der Waals surface area contributed by atoms with Crippen LogP contribution in [0.1, 0.15) is 38.2 Å². The molecule has 2 heterocycles. The van der Waals surface area contributed by atoms with Crippen LogP contribution < -0.4 is 5.32 Å². The minimum absolute atomic E-state index is 0.224. The van der Waals surface area contributed by atoms with E-state index < -0.39 is 17.5 Å². The van der Waals surface area contributed by atoms with Crippen molar-refractivity contribution in [3.8, 4) is 0 Å². The first kappa shape index (κ1) is 17.4. The van der Waals surface area contributed by atoms with Gasteiger partial charge in [0, 0.05) is 15.3 Å². The molecule has 1 aliphatic heterocycles. The summed E-state index contributed by atoms with van der Waals surface area (Å²) in [6, 6.07) is 8.71. The Balaban J connectivity index is 1.85. The third-order valence-electron chi connectivity index (χ3n) is 4.55. The minimum Gasteiger partial charge on any atom is -0.319 e. The fourth-order valence-corrected chi connectivity index (χ4v) is 4.00. The highest BCUT2D eigenvalue weighted by molar-refractivity contribution is 7.12. The van der Waals surface area contributed by atoms with E-state index in [1.807, 2.05) is 45.0 Å². The number of hydrogen-bond acceptors (Lipinski definition) is 4. The number of amides is 3. The summed E-state index contributed by atoms with van der Waals surface area (Å²) in [4.78, 5) is 40.7. The summed E-state index contributed by atoms with van der Waals surface area (Å²) < 4.78 is 0. The summed E-state index contributed by atoms with van der Waals surface area (Å²) in [6.45, 7) is 7.17. The molecule has 1 atom stereocenters. The van der Waals surface area contributed by atoms with Gasteiger partial charge < -0.3 is 5.32 Å². The van der Waals surface area contributed by atoms with Gasteiger partial charge in [0.05, 0.1) is 6.54 Å². The Morgan fingerprint density at radius 2 is 1.80 bits per heavy atom. The summed E-state index contributed by atoms with van der Waals surface area (Å²) >= 11 is 1.53. The van der Waals surface area contributed by atoms with E-state index in [9.17, 15) is 14.4 Å². The van der Waals surface area contributed by atoms with E-state index in [1.165, 1.54) is 11.3 Å². The molecule has 25 heavy (non-hydrogen) atoms. The first-order valence-electron chi connectivity index (χ1n) is 8.04. The molecule has 1 aliphatic rings. The van der Waals surface area contributed by atoms with Crippen LogP contribution in [0, 0.1) is 20.8 Å². The molecular formula is C19H20N2O3S. The number of thiophene rings is 1. The van der Waals surface area contributed by atoms with E-state index in [0.717, 1.165) is 20.2 Å². The zero-order chi connectivity index (χ0) is 18.4. The highest BCUT2D eigenvalue weighted by Gasteiger charge is 2.49. The highest BCUT2D eigenvalue weighted by Crippen LogP contribution is 2.29. The van der Waals surface area contributed by atoms with Gasteiger partial charge in [-0.05, 0) is 39.3 Å². The lowest BCUT2D eigenvalue weighted by Crippen LogP contribution is -2.41. The molecule has 6 heteroatoms. The molecule has 2 aromatic rings. The van der Waals surface area contributed by atoms with E-state index in [2.05, 4.69) is 5.32 Å². The van der Waals surface area contributed by atoms with E-state index in [4.69, 9.17) is 0 Å². The molecule has 5 nitrogen and oxygen atoms in total. The van der Waals surface area contributed by atoms with Gasteiger partial charge in [0.15, 0.2) is 5.78 Å². The Hall–Kier alpha value is -2.47. The van der Waals surface area contributed by atoms with Crippen LogP contribution in [0.15, 0.2) is 30.3 Å². The largest absolute Gasteiger partial charge is 0.325 e. The number of Topliss-reactive ketones (excluding diaryl/α,β-unsaturated/α-hetero) is 1. The van der Waals surface area contributed by atoms with Crippen LogP contribution in [0.4, 0.5) is 4.79 Å². The number of ketones is 1. The van der Waals surface area contributed by atoms with Gasteiger partial charge in [0.1, 0.15) is 5.54 Å². The molecule has 0 bridgehead atoms. The normalized spacial score (nSPS) is 20.1. The van der Waals surface area contributed by atoms with Crippen molar-refractivity contribution >= 4 is 29.1 Å². The number of rotatable bonds is 4. The third-order valence-corrected chi connectivity index (χ3v) is 5.51. The third kappa shape index (κ3) is 2.98. The molecule has 3 amide bonds. The molecule has 130 valence electrons. The lowest BCUT2D eigenvalue weighted by molar-refractivity contribution is -0.130. The number of imide groups is 1. The number of nitrogens with one attached hydrogen (secondary N) is 1. The van der Waals surface area contributed by atoms with Crippen LogP contribution in [0.2, 0.25) is 0 Å². The predicted molar refractivity (Wildman–Crippen MR) is 96.9 cm³/mol. The van der Waals surface area contributed by atoms with Crippen molar-refractivity contribution in [1.29, 1.82) is 0 Å². The number of nitrogens with zero attached hydrogens (tertiary/aromatic N) is 1. The Labute approximate surface area is 150 Å². The number of benzene rings is 1. The average molecular weight is 356 g/mol. The lowest BCUT2D eigenvalue weighted by atomic mass is 9.91. The topological polar surface area (TPSA) is 66.5 Å². The lowest BCUT2D eigenvalue weighted by Gasteiger charge is -2.22. The van der Waals surface area contributed by atoms with Crippen LogP contribution >= 0.6 is 11.3 Å². The molecule has 1 saturated heterocycles. The molecule has 1 aromatic heterocycles. The second kappa shape index (κ2) is 6.11. The van der Waals surface area contributed by atoms with Crippen molar-refractivity contribution in [2.45, 2.75) is 33.2 Å². The summed E-state index contributed by atoms with van der Waals surface area (Å²) in [7, 11) is 0. The molecule has 1 fully saturated rings. The first-order chi connectivity index (χ1) is 11.7. The van der Waals surface area contributed by atoms with Crippen LogP contribution in [-0.4, -0.2) is 29.2 Å². The van der Waals surface area contributed by atoms with Crippen molar-refractivity contribution in [1.82, 2.24) is 10.2 Å². The molecular weight excluding hydrogens is 336 g/mol. The standard InChI is InChI=1S/C19H20N2O3S/c1-11-5-7-14(8-6-11)19(4)17(23)21(18(24)20-19)10-16(22)15-9-12(2)25-13(15)3/h5-9H,10H2,1-4H3,(H,20,24)/t19-/m0/s1. The van der Waals surface area contributed by atoms with Crippen LogP contribution in [0.5, 0.6) is 0 Å². The SMILES string of the molecule is Cc1ccc([C@]2(C)NC(=O)N(CC(=O)c3cc(C)sc3C)C2=O)cc1. The first-order valence-corrected chi connectivity index (χ1v) is 8.85. The number of urea groups is 1. The van der Waals surface area contributed by atoms with Gasteiger partial charge in [0.25, 0.3) is 5.91 Å². The Morgan fingerprint density at radius 1 is 1.16 bits per heavy atom. The van der Waals surface area contributed by atoms with Crippen molar-refractivity contribution in [3.63, 3.8) is 0 Å². The maximum Gasteiger partial charge on any atom is 0.325 e. The van der Waals surface area contributed by atoms with E-state index in [0.29, 0.717) is 11.1 Å². The van der Waals surface area contributed by atoms with Gasteiger partial charge in [-0.15, -0.1) is 11.3 Å². The Bertz CT molecular complexity index is 869. The van der Waals surface area contributed by atoms with Gasteiger partial charge in [-0.1, -0.05) is 29.8 Å². The molecule has 0 spiro atoms. The zero-order valence-electron chi connectivity index (χ0n) is 14.7. The molecule has 3 rings (SSSR count). The van der Waals surface area contributed by atoms with Crippen molar-refractivity contribution in [2.75, 3.05) is 6.54 Å². The fraction of sp³-hybridized carbons (Fsp3) is 0.316. The quantitative estimate of drug-likeness (QED) is 0.675. The highest BCUT2D eigenvalue weighted by atomic mass is 32.1. The predicted octanol–water partition coefficient (Wildman–Crippen LogP) is 3.32. The molecule has 0 aliphatic carbocycles. The fourth-order valence-electron chi connectivity index (χ4n) is 3.06.